The molecule has 0 spiro atoms. The van der Waals surface area contributed by atoms with Crippen molar-refractivity contribution in [1.29, 1.82) is 0 Å². The Balaban J connectivity index is 2.13. The number of aldehydes is 1. The molecule has 0 aromatic carbocycles. The van der Waals surface area contributed by atoms with Crippen molar-refractivity contribution in [2.45, 2.75) is 45.5 Å². The van der Waals surface area contributed by atoms with Crippen LogP contribution in [0, 0.1) is 17.3 Å². The summed E-state index contributed by atoms with van der Waals surface area (Å²) in [5.74, 6) is 0.0231. The molecule has 0 radical (unpaired) electrons. The van der Waals surface area contributed by atoms with Crippen LogP contribution in [-0.2, 0) is 9.53 Å². The Morgan fingerprint density at radius 2 is 2.17 bits per heavy atom. The van der Waals surface area contributed by atoms with Crippen LogP contribution in [0.5, 0.6) is 0 Å². The standard InChI is InChI=1S/C15H20O3/c1-8-4-9-12(7-16)10-5-15(2,3)6-11(10)13(8)18-14(9)17/h7,9,11,13-14,17H,1,4-6H2,2-3H3/t9-,11+,13+,14?/m0/s1. The highest BCUT2D eigenvalue weighted by atomic mass is 16.6. The van der Waals surface area contributed by atoms with E-state index in [-0.39, 0.29) is 23.4 Å². The topological polar surface area (TPSA) is 46.5 Å². The van der Waals surface area contributed by atoms with Crippen molar-refractivity contribution in [1.82, 2.24) is 0 Å². The van der Waals surface area contributed by atoms with E-state index < -0.39 is 6.29 Å². The average Bonchev–Trinajstić information content (AvgIpc) is 2.51. The summed E-state index contributed by atoms with van der Waals surface area (Å²) in [7, 11) is 0. The van der Waals surface area contributed by atoms with Crippen LogP contribution < -0.4 is 0 Å². The highest BCUT2D eigenvalue weighted by Gasteiger charge is 2.50. The molecule has 98 valence electrons. The first-order valence-electron chi connectivity index (χ1n) is 6.62. The third-order valence-corrected chi connectivity index (χ3v) is 4.67. The predicted octanol–water partition coefficient (Wildman–Crippen LogP) is 2.21. The van der Waals surface area contributed by atoms with Crippen LogP contribution in [0.2, 0.25) is 0 Å². The second kappa shape index (κ2) is 3.78. The molecule has 3 heteroatoms. The van der Waals surface area contributed by atoms with E-state index in [1.54, 1.807) is 0 Å². The number of carbonyl (C=O) groups excluding carboxylic acids is 1. The van der Waals surface area contributed by atoms with Crippen LogP contribution in [-0.4, -0.2) is 23.8 Å². The number of aliphatic hydroxyl groups excluding tert-OH is 1. The quantitative estimate of drug-likeness (QED) is 0.571. The van der Waals surface area contributed by atoms with Crippen LogP contribution in [0.15, 0.2) is 23.3 Å². The first kappa shape index (κ1) is 12.1. The minimum Gasteiger partial charge on any atom is -0.367 e. The Labute approximate surface area is 108 Å². The van der Waals surface area contributed by atoms with E-state index in [0.717, 1.165) is 30.3 Å². The van der Waals surface area contributed by atoms with Crippen molar-refractivity contribution in [2.75, 3.05) is 0 Å². The highest BCUT2D eigenvalue weighted by molar-refractivity contribution is 5.77. The van der Waals surface area contributed by atoms with Gasteiger partial charge in [-0.3, -0.25) is 4.79 Å². The van der Waals surface area contributed by atoms with Gasteiger partial charge in [-0.2, -0.15) is 0 Å². The number of aliphatic hydroxyl groups is 1. The summed E-state index contributed by atoms with van der Waals surface area (Å²) in [5.41, 5.74) is 3.22. The number of ether oxygens (including phenoxy) is 1. The van der Waals surface area contributed by atoms with Gasteiger partial charge in [0.2, 0.25) is 0 Å². The molecule has 4 rings (SSSR count). The minimum atomic E-state index is -0.845. The second-order valence-corrected chi connectivity index (χ2v) is 6.67. The van der Waals surface area contributed by atoms with Crippen molar-refractivity contribution >= 4 is 6.29 Å². The summed E-state index contributed by atoms with van der Waals surface area (Å²) in [6.45, 7) is 8.54. The fourth-order valence-electron chi connectivity index (χ4n) is 3.93. The number of carbonyl (C=O) groups is 1. The van der Waals surface area contributed by atoms with Gasteiger partial charge in [0, 0.05) is 11.8 Å². The molecular weight excluding hydrogens is 228 g/mol. The first-order valence-corrected chi connectivity index (χ1v) is 6.62. The van der Waals surface area contributed by atoms with Crippen LogP contribution in [0.1, 0.15) is 33.1 Å². The molecule has 2 bridgehead atoms. The van der Waals surface area contributed by atoms with Crippen LogP contribution in [0.25, 0.3) is 0 Å². The van der Waals surface area contributed by atoms with Crippen LogP contribution >= 0.6 is 0 Å². The summed E-state index contributed by atoms with van der Waals surface area (Å²) >= 11 is 0. The summed E-state index contributed by atoms with van der Waals surface area (Å²) in [4.78, 5) is 11.5. The molecule has 1 saturated carbocycles. The fourth-order valence-corrected chi connectivity index (χ4v) is 3.93. The van der Waals surface area contributed by atoms with E-state index in [9.17, 15) is 9.90 Å². The van der Waals surface area contributed by atoms with Gasteiger partial charge in [0.1, 0.15) is 6.29 Å². The minimum absolute atomic E-state index is 0.106. The van der Waals surface area contributed by atoms with Gasteiger partial charge in [-0.15, -0.1) is 0 Å². The van der Waals surface area contributed by atoms with Crippen molar-refractivity contribution in [2.24, 2.45) is 17.3 Å². The molecule has 1 saturated heterocycles. The molecule has 2 aliphatic carbocycles. The van der Waals surface area contributed by atoms with Gasteiger partial charge >= 0.3 is 0 Å². The Morgan fingerprint density at radius 1 is 1.44 bits per heavy atom. The first-order chi connectivity index (χ1) is 8.43. The summed E-state index contributed by atoms with van der Waals surface area (Å²) in [5, 5.41) is 10.0. The van der Waals surface area contributed by atoms with E-state index in [0.29, 0.717) is 6.42 Å². The van der Waals surface area contributed by atoms with Gasteiger partial charge in [-0.05, 0) is 35.8 Å². The molecule has 1 unspecified atom stereocenters. The molecule has 2 aliphatic heterocycles. The summed E-state index contributed by atoms with van der Waals surface area (Å²) < 4.78 is 5.72. The zero-order valence-corrected chi connectivity index (χ0v) is 11.0. The Morgan fingerprint density at radius 3 is 2.83 bits per heavy atom. The molecule has 0 amide bonds. The lowest BCUT2D eigenvalue weighted by Gasteiger charge is -2.35. The van der Waals surface area contributed by atoms with Gasteiger partial charge in [-0.25, -0.2) is 0 Å². The van der Waals surface area contributed by atoms with Crippen molar-refractivity contribution in [3.63, 3.8) is 0 Å². The van der Waals surface area contributed by atoms with E-state index in [1.165, 1.54) is 5.57 Å². The summed E-state index contributed by atoms with van der Waals surface area (Å²) in [6, 6.07) is 0. The van der Waals surface area contributed by atoms with Crippen molar-refractivity contribution < 1.29 is 14.6 Å². The maximum Gasteiger partial charge on any atom is 0.162 e. The Kier molecular flexibility index (Phi) is 2.55. The molecule has 1 N–H and O–H groups in total. The van der Waals surface area contributed by atoms with Crippen LogP contribution in [0.3, 0.4) is 0 Å². The van der Waals surface area contributed by atoms with Crippen LogP contribution in [0.4, 0.5) is 0 Å². The molecule has 3 nitrogen and oxygen atoms in total. The molecule has 4 aliphatic rings. The molecule has 0 aromatic heterocycles. The SMILES string of the molecule is C=C1C[C@H]2C(C=O)=C3CC(C)(C)C[C@H]3[C@@H]1OC2O. The number of hydrogen-bond donors (Lipinski definition) is 1. The zero-order chi connectivity index (χ0) is 13.1. The number of rotatable bonds is 1. The predicted molar refractivity (Wildman–Crippen MR) is 67.7 cm³/mol. The van der Waals surface area contributed by atoms with E-state index in [1.807, 2.05) is 0 Å². The lowest BCUT2D eigenvalue weighted by atomic mass is 9.84. The van der Waals surface area contributed by atoms with Crippen molar-refractivity contribution in [3.8, 4) is 0 Å². The number of hydrogen-bond acceptors (Lipinski definition) is 3. The van der Waals surface area contributed by atoms with Gasteiger partial charge in [0.25, 0.3) is 0 Å². The smallest absolute Gasteiger partial charge is 0.162 e. The zero-order valence-electron chi connectivity index (χ0n) is 11.0. The third-order valence-electron chi connectivity index (χ3n) is 4.67. The molecule has 18 heavy (non-hydrogen) atoms. The molecule has 0 aromatic rings. The Bertz CT molecular complexity index is 447. The number of fused-ring (bicyclic) bond motifs is 2. The van der Waals surface area contributed by atoms with E-state index in [2.05, 4.69) is 20.4 Å². The van der Waals surface area contributed by atoms with Crippen molar-refractivity contribution in [3.05, 3.63) is 23.3 Å². The Hall–Kier alpha value is -0.930. The largest absolute Gasteiger partial charge is 0.367 e. The molecule has 2 heterocycles. The second-order valence-electron chi connectivity index (χ2n) is 6.67. The third kappa shape index (κ3) is 1.61. The van der Waals surface area contributed by atoms with E-state index in [4.69, 9.17) is 4.74 Å². The molecule has 2 fully saturated rings. The highest BCUT2D eigenvalue weighted by Crippen LogP contribution is 2.54. The maximum atomic E-state index is 11.5. The normalized spacial score (nSPS) is 41.8. The summed E-state index contributed by atoms with van der Waals surface area (Å²) in [6.07, 6.45) is 2.60. The lowest BCUT2D eigenvalue weighted by molar-refractivity contribution is -0.171. The lowest BCUT2D eigenvalue weighted by Crippen LogP contribution is -2.38. The van der Waals surface area contributed by atoms with E-state index >= 15 is 0 Å². The van der Waals surface area contributed by atoms with Gasteiger partial charge < -0.3 is 9.84 Å². The molecular formula is C15H20O3. The van der Waals surface area contributed by atoms with Gasteiger partial charge in [0.05, 0.1) is 6.10 Å². The van der Waals surface area contributed by atoms with Gasteiger partial charge in [-0.1, -0.05) is 26.0 Å². The molecule has 4 atom stereocenters. The fraction of sp³-hybridized carbons (Fsp3) is 0.667. The van der Waals surface area contributed by atoms with Gasteiger partial charge in [0.15, 0.2) is 6.29 Å². The monoisotopic (exact) mass is 248 g/mol. The maximum absolute atomic E-state index is 11.5. The average molecular weight is 248 g/mol.